The van der Waals surface area contributed by atoms with E-state index in [2.05, 4.69) is 20.5 Å². The number of halogens is 2. The lowest BCUT2D eigenvalue weighted by Crippen LogP contribution is -2.00. The van der Waals surface area contributed by atoms with Gasteiger partial charge in [-0.05, 0) is 30.3 Å². The Hall–Kier alpha value is -3.18. The van der Waals surface area contributed by atoms with Crippen molar-refractivity contribution in [1.29, 1.82) is 0 Å². The maximum absolute atomic E-state index is 13.3. The van der Waals surface area contributed by atoms with Crippen molar-refractivity contribution in [2.45, 2.75) is 20.4 Å². The molecule has 6 heteroatoms. The summed E-state index contributed by atoms with van der Waals surface area (Å²) in [6.07, 6.45) is 3.43. The molecule has 0 aliphatic carbocycles. The molecule has 2 aromatic heterocycles. The molecule has 0 radical (unpaired) electrons. The number of nitrogens with one attached hydrogen (secondary N) is 2. The van der Waals surface area contributed by atoms with Crippen molar-refractivity contribution in [3.8, 4) is 22.4 Å². The molecule has 0 saturated carbocycles. The van der Waals surface area contributed by atoms with Crippen LogP contribution < -0.4 is 5.32 Å². The summed E-state index contributed by atoms with van der Waals surface area (Å²) < 4.78 is 13.3. The zero-order valence-corrected chi connectivity index (χ0v) is 17.0. The van der Waals surface area contributed by atoms with Crippen LogP contribution in [0.4, 0.5) is 10.1 Å². The summed E-state index contributed by atoms with van der Waals surface area (Å²) in [4.78, 5) is 4.25. The van der Waals surface area contributed by atoms with Crippen molar-refractivity contribution in [2.75, 3.05) is 5.32 Å². The summed E-state index contributed by atoms with van der Waals surface area (Å²) in [6.45, 7) is 4.57. The van der Waals surface area contributed by atoms with E-state index < -0.39 is 0 Å². The van der Waals surface area contributed by atoms with Crippen LogP contribution in [-0.4, -0.2) is 15.2 Å². The molecule has 2 N–H and O–H groups in total. The molecule has 0 atom stereocenters. The minimum Gasteiger partial charge on any atom is -0.378 e. The number of nitrogens with zero attached hydrogens (tertiary/aromatic N) is 2. The van der Waals surface area contributed by atoms with Gasteiger partial charge in [-0.25, -0.2) is 4.39 Å². The smallest absolute Gasteiger partial charge is 0.124 e. The van der Waals surface area contributed by atoms with E-state index in [9.17, 15) is 4.39 Å². The summed E-state index contributed by atoms with van der Waals surface area (Å²) >= 11 is 6.15. The van der Waals surface area contributed by atoms with Gasteiger partial charge in [0.05, 0.1) is 28.6 Å². The molecular formula is C23H22ClFN4. The number of pyridine rings is 1. The third-order valence-corrected chi connectivity index (χ3v) is 4.48. The maximum Gasteiger partial charge on any atom is 0.124 e. The first-order valence-electron chi connectivity index (χ1n) is 9.43. The number of hydrogen-bond acceptors (Lipinski definition) is 3. The van der Waals surface area contributed by atoms with Crippen LogP contribution >= 0.6 is 11.6 Å². The first kappa shape index (κ1) is 20.6. The molecule has 4 rings (SSSR count). The maximum atomic E-state index is 13.3. The van der Waals surface area contributed by atoms with E-state index in [1.165, 1.54) is 12.1 Å². The van der Waals surface area contributed by atoms with Gasteiger partial charge in [0.25, 0.3) is 0 Å². The number of rotatable bonds is 5. The second kappa shape index (κ2) is 9.85. The van der Waals surface area contributed by atoms with Gasteiger partial charge in [-0.1, -0.05) is 55.8 Å². The zero-order valence-electron chi connectivity index (χ0n) is 16.3. The van der Waals surface area contributed by atoms with Gasteiger partial charge in [0.1, 0.15) is 5.82 Å². The molecule has 0 spiro atoms. The number of hydrogen-bond donors (Lipinski definition) is 2. The Balaban J connectivity index is 0.00000117. The molecule has 0 saturated heterocycles. The number of benzene rings is 2. The second-order valence-electron chi connectivity index (χ2n) is 6.08. The third-order valence-electron chi connectivity index (χ3n) is 4.16. The predicted molar refractivity (Wildman–Crippen MR) is 117 cm³/mol. The van der Waals surface area contributed by atoms with Gasteiger partial charge in [0.15, 0.2) is 0 Å². The molecular weight excluding hydrogens is 387 g/mol. The van der Waals surface area contributed by atoms with Crippen LogP contribution in [-0.2, 0) is 6.54 Å². The zero-order chi connectivity index (χ0) is 20.6. The Morgan fingerprint density at radius 3 is 2.52 bits per heavy atom. The number of anilines is 1. The topological polar surface area (TPSA) is 53.6 Å². The summed E-state index contributed by atoms with van der Waals surface area (Å²) in [5.74, 6) is -0.362. The Labute approximate surface area is 174 Å². The molecule has 0 aliphatic heterocycles. The number of aromatic amines is 1. The van der Waals surface area contributed by atoms with Crippen molar-refractivity contribution in [3.05, 3.63) is 89.6 Å². The molecule has 0 unspecified atom stereocenters. The average Bonchev–Trinajstić information content (AvgIpc) is 3.24. The highest BCUT2D eigenvalue weighted by Gasteiger charge is 2.07. The molecule has 4 nitrogen and oxygen atoms in total. The minimum atomic E-state index is -0.362. The fourth-order valence-electron chi connectivity index (χ4n) is 2.81. The highest BCUT2D eigenvalue weighted by atomic mass is 35.5. The molecule has 0 bridgehead atoms. The first-order chi connectivity index (χ1) is 14.2. The molecule has 29 heavy (non-hydrogen) atoms. The molecule has 0 aliphatic rings. The van der Waals surface area contributed by atoms with Crippen LogP contribution in [0.25, 0.3) is 22.4 Å². The monoisotopic (exact) mass is 408 g/mol. The SMILES string of the molecule is CC.Fc1ccc(-c2cncc(NCc3cc(-c4ccccc4)n[nH]3)c2)c(Cl)c1. The van der Waals surface area contributed by atoms with Crippen molar-refractivity contribution in [1.82, 2.24) is 15.2 Å². The van der Waals surface area contributed by atoms with E-state index in [1.807, 2.05) is 56.3 Å². The van der Waals surface area contributed by atoms with E-state index in [4.69, 9.17) is 11.6 Å². The van der Waals surface area contributed by atoms with Gasteiger partial charge in [-0.15, -0.1) is 0 Å². The quantitative estimate of drug-likeness (QED) is 0.392. The Kier molecular flexibility index (Phi) is 6.98. The Morgan fingerprint density at radius 1 is 0.966 bits per heavy atom. The summed E-state index contributed by atoms with van der Waals surface area (Å²) in [5.41, 5.74) is 5.32. The normalized spacial score (nSPS) is 10.2. The number of H-pyrrole nitrogens is 1. The fraction of sp³-hybridized carbons (Fsp3) is 0.130. The van der Waals surface area contributed by atoms with Gasteiger partial charge in [0.2, 0.25) is 0 Å². The van der Waals surface area contributed by atoms with Crippen LogP contribution in [0.1, 0.15) is 19.5 Å². The molecule has 2 aromatic carbocycles. The van der Waals surface area contributed by atoms with Gasteiger partial charge in [0, 0.05) is 29.1 Å². The highest BCUT2D eigenvalue weighted by molar-refractivity contribution is 6.33. The molecule has 4 aromatic rings. The predicted octanol–water partition coefficient (Wildman–Crippen LogP) is 6.57. The molecule has 2 heterocycles. The van der Waals surface area contributed by atoms with Crippen molar-refractivity contribution >= 4 is 17.3 Å². The summed E-state index contributed by atoms with van der Waals surface area (Å²) in [5, 5.41) is 11.1. The van der Waals surface area contributed by atoms with Crippen LogP contribution in [0, 0.1) is 5.82 Å². The van der Waals surface area contributed by atoms with Gasteiger partial charge in [-0.3, -0.25) is 10.1 Å². The van der Waals surface area contributed by atoms with Crippen LogP contribution in [0.2, 0.25) is 5.02 Å². The standard InChI is InChI=1S/C21H16ClFN4.C2H6/c22-20-9-16(23)6-7-19(20)15-8-17(12-24-11-15)25-13-18-10-21(27-26-18)14-4-2-1-3-5-14;1-2/h1-12,25H,13H2,(H,26,27);1-2H3. The van der Waals surface area contributed by atoms with Gasteiger partial charge >= 0.3 is 0 Å². The Morgan fingerprint density at radius 2 is 1.76 bits per heavy atom. The largest absolute Gasteiger partial charge is 0.378 e. The minimum absolute atomic E-state index is 0.357. The molecule has 0 fully saturated rings. The summed E-state index contributed by atoms with van der Waals surface area (Å²) in [7, 11) is 0. The molecule has 0 amide bonds. The van der Waals surface area contributed by atoms with Gasteiger partial charge < -0.3 is 5.32 Å². The van der Waals surface area contributed by atoms with Gasteiger partial charge in [-0.2, -0.15) is 5.10 Å². The summed E-state index contributed by atoms with van der Waals surface area (Å²) in [6, 6.07) is 18.3. The molecule has 148 valence electrons. The lowest BCUT2D eigenvalue weighted by molar-refractivity contribution is 0.628. The highest BCUT2D eigenvalue weighted by Crippen LogP contribution is 2.29. The number of aromatic nitrogens is 3. The fourth-order valence-corrected chi connectivity index (χ4v) is 3.09. The van der Waals surface area contributed by atoms with Crippen molar-refractivity contribution < 1.29 is 4.39 Å². The van der Waals surface area contributed by atoms with Crippen molar-refractivity contribution in [3.63, 3.8) is 0 Å². The van der Waals surface area contributed by atoms with E-state index in [0.29, 0.717) is 11.6 Å². The van der Waals surface area contributed by atoms with Crippen LogP contribution in [0.15, 0.2) is 73.1 Å². The van der Waals surface area contributed by atoms with E-state index in [0.717, 1.165) is 33.8 Å². The van der Waals surface area contributed by atoms with E-state index >= 15 is 0 Å². The average molecular weight is 409 g/mol. The van der Waals surface area contributed by atoms with E-state index in [-0.39, 0.29) is 5.82 Å². The van der Waals surface area contributed by atoms with E-state index in [1.54, 1.807) is 18.5 Å². The Bertz CT molecular complexity index is 1060. The van der Waals surface area contributed by atoms with Crippen LogP contribution in [0.5, 0.6) is 0 Å². The van der Waals surface area contributed by atoms with Crippen molar-refractivity contribution in [2.24, 2.45) is 0 Å². The third kappa shape index (κ3) is 5.21. The second-order valence-corrected chi connectivity index (χ2v) is 6.49. The first-order valence-corrected chi connectivity index (χ1v) is 9.81. The lowest BCUT2D eigenvalue weighted by Gasteiger charge is -2.08. The lowest BCUT2D eigenvalue weighted by atomic mass is 10.1. The van der Waals surface area contributed by atoms with Crippen LogP contribution in [0.3, 0.4) is 0 Å².